The number of hydrogen-bond acceptors (Lipinski definition) is 5. The lowest BCUT2D eigenvalue weighted by molar-refractivity contribution is -0.132. The smallest absolute Gasteiger partial charge is 0.236 e. The molecule has 1 amide bonds. The van der Waals surface area contributed by atoms with E-state index in [4.69, 9.17) is 0 Å². The molecule has 1 N–H and O–H groups in total. The molecule has 0 aromatic rings. The van der Waals surface area contributed by atoms with Crippen LogP contribution in [0.4, 0.5) is 0 Å². The molecule has 0 bridgehead atoms. The molecule has 0 unspecified atom stereocenters. The van der Waals surface area contributed by atoms with Crippen molar-refractivity contribution in [2.75, 3.05) is 65.4 Å². The maximum Gasteiger partial charge on any atom is 0.236 e. The molecule has 0 aromatic carbocycles. The SMILES string of the molecule is CCNCC(=O)N1CCN(CC2CCN(CC(=O)C(C)C)CC2)CC1. The van der Waals surface area contributed by atoms with Gasteiger partial charge in [-0.2, -0.15) is 0 Å². The number of amides is 1. The predicted octanol–water partition coefficient (Wildman–Crippen LogP) is 0.677. The number of piperidine rings is 1. The van der Waals surface area contributed by atoms with E-state index in [1.807, 2.05) is 25.7 Å². The minimum atomic E-state index is 0.143. The third-order valence-corrected chi connectivity index (χ3v) is 5.50. The molecule has 0 radical (unpaired) electrons. The number of likely N-dealkylation sites (N-methyl/N-ethyl adjacent to an activating group) is 1. The Kier molecular flexibility index (Phi) is 8.33. The number of nitrogens with zero attached hydrogens (tertiary/aromatic N) is 3. The Morgan fingerprint density at radius 3 is 2.20 bits per heavy atom. The largest absolute Gasteiger partial charge is 0.339 e. The highest BCUT2D eigenvalue weighted by molar-refractivity contribution is 5.82. The molecule has 0 spiro atoms. The summed E-state index contributed by atoms with van der Waals surface area (Å²) < 4.78 is 0. The third kappa shape index (κ3) is 6.68. The van der Waals surface area contributed by atoms with Gasteiger partial charge < -0.3 is 10.2 Å². The average Bonchev–Trinajstić information content (AvgIpc) is 2.61. The Labute approximate surface area is 152 Å². The molecule has 2 heterocycles. The van der Waals surface area contributed by atoms with E-state index >= 15 is 0 Å². The van der Waals surface area contributed by atoms with Gasteiger partial charge in [0.2, 0.25) is 5.91 Å². The van der Waals surface area contributed by atoms with Crippen molar-refractivity contribution in [2.24, 2.45) is 11.8 Å². The van der Waals surface area contributed by atoms with Crippen LogP contribution in [-0.4, -0.2) is 91.8 Å². The second-order valence-corrected chi connectivity index (χ2v) is 7.80. The number of carbonyl (C=O) groups is 2. The summed E-state index contributed by atoms with van der Waals surface area (Å²) in [6.45, 7) is 14.8. The highest BCUT2D eigenvalue weighted by Crippen LogP contribution is 2.19. The minimum Gasteiger partial charge on any atom is -0.339 e. The molecule has 2 rings (SSSR count). The van der Waals surface area contributed by atoms with Crippen molar-refractivity contribution in [3.8, 4) is 0 Å². The number of rotatable bonds is 8. The summed E-state index contributed by atoms with van der Waals surface area (Å²) in [6.07, 6.45) is 2.37. The topological polar surface area (TPSA) is 55.9 Å². The number of likely N-dealkylation sites (tertiary alicyclic amines) is 1. The maximum absolute atomic E-state index is 12.0. The van der Waals surface area contributed by atoms with Crippen molar-refractivity contribution in [1.82, 2.24) is 20.0 Å². The Balaban J connectivity index is 1.63. The number of hydrogen-bond donors (Lipinski definition) is 1. The molecule has 2 aliphatic heterocycles. The fourth-order valence-corrected chi connectivity index (χ4v) is 3.62. The van der Waals surface area contributed by atoms with E-state index in [1.165, 1.54) is 12.8 Å². The number of nitrogens with one attached hydrogen (secondary N) is 1. The van der Waals surface area contributed by atoms with Crippen LogP contribution in [0.3, 0.4) is 0 Å². The predicted molar refractivity (Wildman–Crippen MR) is 101 cm³/mol. The van der Waals surface area contributed by atoms with Crippen molar-refractivity contribution in [1.29, 1.82) is 0 Å². The standard InChI is InChI=1S/C19H36N4O2/c1-4-20-13-19(25)23-11-9-22(10-12-23)14-17-5-7-21(8-6-17)15-18(24)16(2)3/h16-17,20H,4-15H2,1-3H3. The fourth-order valence-electron chi connectivity index (χ4n) is 3.62. The molecule has 0 aliphatic carbocycles. The van der Waals surface area contributed by atoms with Gasteiger partial charge in [-0.05, 0) is 38.4 Å². The number of piperazine rings is 1. The number of carbonyl (C=O) groups excluding carboxylic acids is 2. The summed E-state index contributed by atoms with van der Waals surface area (Å²) in [4.78, 5) is 30.7. The van der Waals surface area contributed by atoms with Crippen LogP contribution >= 0.6 is 0 Å². The van der Waals surface area contributed by atoms with Crippen molar-refractivity contribution in [3.05, 3.63) is 0 Å². The first-order valence-electron chi connectivity index (χ1n) is 9.95. The summed E-state index contributed by atoms with van der Waals surface area (Å²) in [5.74, 6) is 1.46. The quantitative estimate of drug-likeness (QED) is 0.696. The number of Topliss-reactive ketones (excluding diaryl/α,β-unsaturated/α-hetero) is 1. The molecule has 2 saturated heterocycles. The van der Waals surface area contributed by atoms with Crippen LogP contribution in [0, 0.1) is 11.8 Å². The molecule has 0 atom stereocenters. The van der Waals surface area contributed by atoms with Crippen molar-refractivity contribution >= 4 is 11.7 Å². The highest BCUT2D eigenvalue weighted by atomic mass is 16.2. The van der Waals surface area contributed by atoms with Gasteiger partial charge in [0.1, 0.15) is 5.78 Å². The van der Waals surface area contributed by atoms with Crippen LogP contribution in [0.5, 0.6) is 0 Å². The molecule has 144 valence electrons. The Bertz CT molecular complexity index is 425. The van der Waals surface area contributed by atoms with Crippen LogP contribution in [-0.2, 0) is 9.59 Å². The van der Waals surface area contributed by atoms with E-state index in [2.05, 4.69) is 15.1 Å². The molecule has 2 fully saturated rings. The van der Waals surface area contributed by atoms with E-state index in [0.29, 0.717) is 18.9 Å². The molecule has 6 nitrogen and oxygen atoms in total. The minimum absolute atomic E-state index is 0.143. The van der Waals surface area contributed by atoms with E-state index < -0.39 is 0 Å². The average molecular weight is 353 g/mol. The van der Waals surface area contributed by atoms with Gasteiger partial charge in [0.25, 0.3) is 0 Å². The zero-order chi connectivity index (χ0) is 18.2. The van der Waals surface area contributed by atoms with E-state index in [0.717, 1.165) is 58.3 Å². The van der Waals surface area contributed by atoms with Crippen molar-refractivity contribution < 1.29 is 9.59 Å². The van der Waals surface area contributed by atoms with Crippen molar-refractivity contribution in [2.45, 2.75) is 33.6 Å². The molecule has 0 aromatic heterocycles. The van der Waals surface area contributed by atoms with Gasteiger partial charge in [-0.15, -0.1) is 0 Å². The number of ketones is 1. The van der Waals surface area contributed by atoms with E-state index in [9.17, 15) is 9.59 Å². The zero-order valence-electron chi connectivity index (χ0n) is 16.3. The zero-order valence-corrected chi connectivity index (χ0v) is 16.3. The second kappa shape index (κ2) is 10.2. The van der Waals surface area contributed by atoms with Crippen molar-refractivity contribution in [3.63, 3.8) is 0 Å². The first-order chi connectivity index (χ1) is 12.0. The van der Waals surface area contributed by atoms with Crippen LogP contribution in [0.2, 0.25) is 0 Å². The molecule has 0 saturated carbocycles. The van der Waals surface area contributed by atoms with Gasteiger partial charge in [-0.3, -0.25) is 19.4 Å². The lowest BCUT2D eigenvalue weighted by atomic mass is 9.95. The monoisotopic (exact) mass is 352 g/mol. The summed E-state index contributed by atoms with van der Waals surface area (Å²) in [5, 5.41) is 3.11. The van der Waals surface area contributed by atoms with Gasteiger partial charge in [-0.25, -0.2) is 0 Å². The lowest BCUT2D eigenvalue weighted by Crippen LogP contribution is -2.52. The Morgan fingerprint density at radius 1 is 1.00 bits per heavy atom. The molecule has 6 heteroatoms. The normalized spacial score (nSPS) is 21.0. The summed E-state index contributed by atoms with van der Waals surface area (Å²) in [5.41, 5.74) is 0. The van der Waals surface area contributed by atoms with E-state index in [-0.39, 0.29) is 11.8 Å². The molecule has 2 aliphatic rings. The maximum atomic E-state index is 12.0. The Hall–Kier alpha value is -0.980. The van der Waals surface area contributed by atoms with Gasteiger partial charge in [0.05, 0.1) is 13.1 Å². The highest BCUT2D eigenvalue weighted by Gasteiger charge is 2.26. The van der Waals surface area contributed by atoms with Crippen LogP contribution < -0.4 is 5.32 Å². The van der Waals surface area contributed by atoms with Gasteiger partial charge in [-0.1, -0.05) is 20.8 Å². The van der Waals surface area contributed by atoms with E-state index in [1.54, 1.807) is 0 Å². The summed E-state index contributed by atoms with van der Waals surface area (Å²) in [6, 6.07) is 0. The second-order valence-electron chi connectivity index (χ2n) is 7.80. The van der Waals surface area contributed by atoms with Crippen LogP contribution in [0.1, 0.15) is 33.6 Å². The fraction of sp³-hybridized carbons (Fsp3) is 0.895. The van der Waals surface area contributed by atoms with Crippen LogP contribution in [0.15, 0.2) is 0 Å². The Morgan fingerprint density at radius 2 is 1.64 bits per heavy atom. The van der Waals surface area contributed by atoms with Gasteiger partial charge in [0, 0.05) is 38.6 Å². The summed E-state index contributed by atoms with van der Waals surface area (Å²) >= 11 is 0. The summed E-state index contributed by atoms with van der Waals surface area (Å²) in [7, 11) is 0. The first-order valence-corrected chi connectivity index (χ1v) is 9.95. The third-order valence-electron chi connectivity index (χ3n) is 5.50. The lowest BCUT2D eigenvalue weighted by Gasteiger charge is -2.39. The molecular weight excluding hydrogens is 316 g/mol. The molecule has 25 heavy (non-hydrogen) atoms. The van der Waals surface area contributed by atoms with Gasteiger partial charge in [0.15, 0.2) is 0 Å². The van der Waals surface area contributed by atoms with Crippen LogP contribution in [0.25, 0.3) is 0 Å². The molecular formula is C19H36N4O2. The van der Waals surface area contributed by atoms with Gasteiger partial charge >= 0.3 is 0 Å². The first kappa shape index (κ1) is 20.3.